The number of hydrogen-bond acceptors (Lipinski definition) is 10. The third kappa shape index (κ3) is 8.59. The lowest BCUT2D eigenvalue weighted by atomic mass is 10.1. The first-order valence-corrected chi connectivity index (χ1v) is 17.9. The number of carboxylic acid groups (broad SMARTS) is 1. The Kier molecular flexibility index (Phi) is 11.2. The third-order valence-corrected chi connectivity index (χ3v) is 10.3. The number of aromatic nitrogens is 4. The normalized spacial score (nSPS) is 21.7. The number of benzene rings is 2. The third-order valence-electron chi connectivity index (χ3n) is 9.19. The van der Waals surface area contributed by atoms with Crippen LogP contribution in [0.25, 0.3) is 15.8 Å². The number of nitrogens with one attached hydrogen (secondary N) is 4. The van der Waals surface area contributed by atoms with Gasteiger partial charge in [0.25, 0.3) is 5.91 Å². The van der Waals surface area contributed by atoms with Gasteiger partial charge in [-0.25, -0.2) is 4.79 Å². The fourth-order valence-electron chi connectivity index (χ4n) is 6.49. The van der Waals surface area contributed by atoms with Crippen molar-refractivity contribution in [3.63, 3.8) is 0 Å². The van der Waals surface area contributed by atoms with Crippen LogP contribution in [-0.2, 0) is 30.4 Å². The molecule has 2 aromatic heterocycles. The zero-order valence-corrected chi connectivity index (χ0v) is 29.2. The van der Waals surface area contributed by atoms with E-state index >= 15 is 0 Å². The quantitative estimate of drug-likeness (QED) is 0.184. The summed E-state index contributed by atoms with van der Waals surface area (Å²) in [5, 5.41) is 33.3. The summed E-state index contributed by atoms with van der Waals surface area (Å²) < 4.78 is 2.49. The van der Waals surface area contributed by atoms with Crippen LogP contribution < -0.4 is 21.3 Å². The second kappa shape index (κ2) is 16.1. The molecule has 4 heterocycles. The summed E-state index contributed by atoms with van der Waals surface area (Å²) in [5.74, 6) is -3.10. The zero-order chi connectivity index (χ0) is 36.8. The molecule has 4 atom stereocenters. The highest BCUT2D eigenvalue weighted by Gasteiger charge is 2.43. The van der Waals surface area contributed by atoms with Crippen LogP contribution in [0.3, 0.4) is 0 Å². The summed E-state index contributed by atoms with van der Waals surface area (Å²) in [6.45, 7) is 2.03. The van der Waals surface area contributed by atoms with Gasteiger partial charge in [0.1, 0.15) is 18.1 Å². The predicted molar refractivity (Wildman–Crippen MR) is 188 cm³/mol. The van der Waals surface area contributed by atoms with Crippen LogP contribution in [0.5, 0.6) is 0 Å². The number of tetrazole rings is 1. The second-order valence-corrected chi connectivity index (χ2v) is 14.0. The highest BCUT2D eigenvalue weighted by Crippen LogP contribution is 2.27. The Labute approximate surface area is 302 Å². The van der Waals surface area contributed by atoms with Gasteiger partial charge >= 0.3 is 5.97 Å². The van der Waals surface area contributed by atoms with Gasteiger partial charge in [0, 0.05) is 30.3 Å². The Hall–Kier alpha value is -5.71. The molecule has 52 heavy (non-hydrogen) atoms. The van der Waals surface area contributed by atoms with Crippen molar-refractivity contribution in [3.05, 3.63) is 70.9 Å². The van der Waals surface area contributed by atoms with Gasteiger partial charge < -0.3 is 31.3 Å². The van der Waals surface area contributed by atoms with Crippen molar-refractivity contribution in [1.82, 2.24) is 46.4 Å². The number of carbonyl (C=O) groups excluding carboxylic acids is 5. The van der Waals surface area contributed by atoms with Crippen LogP contribution >= 0.6 is 11.3 Å². The molecule has 0 saturated carbocycles. The number of aryl methyl sites for hydroxylation is 1. The smallest absolute Gasteiger partial charge is 0.326 e. The summed E-state index contributed by atoms with van der Waals surface area (Å²) >= 11 is 1.32. The van der Waals surface area contributed by atoms with Crippen LogP contribution in [0.4, 0.5) is 0 Å². The van der Waals surface area contributed by atoms with Crippen molar-refractivity contribution < 1.29 is 33.9 Å². The number of hydrogen-bond donors (Lipinski definition) is 5. The molecule has 16 nitrogen and oxygen atoms in total. The second-order valence-electron chi connectivity index (χ2n) is 12.9. The van der Waals surface area contributed by atoms with Gasteiger partial charge in [0.15, 0.2) is 5.82 Å². The average molecular weight is 730 g/mol. The number of nitrogens with zero attached hydrogens (tertiary/aromatic N) is 5. The van der Waals surface area contributed by atoms with Crippen LogP contribution in [0, 0.1) is 6.92 Å². The molecule has 272 valence electrons. The van der Waals surface area contributed by atoms with Crippen molar-refractivity contribution in [2.24, 2.45) is 0 Å². The van der Waals surface area contributed by atoms with E-state index in [-0.39, 0.29) is 50.5 Å². The minimum atomic E-state index is -1.38. The first-order valence-electron chi connectivity index (χ1n) is 17.1. The highest BCUT2D eigenvalue weighted by atomic mass is 32.1. The van der Waals surface area contributed by atoms with Crippen molar-refractivity contribution >= 4 is 56.9 Å². The van der Waals surface area contributed by atoms with Crippen molar-refractivity contribution in [2.75, 3.05) is 13.1 Å². The van der Waals surface area contributed by atoms with E-state index in [1.165, 1.54) is 16.2 Å². The van der Waals surface area contributed by atoms with Crippen LogP contribution in [-0.4, -0.2) is 103 Å². The first kappa shape index (κ1) is 36.1. The Bertz CT molecular complexity index is 1940. The summed E-state index contributed by atoms with van der Waals surface area (Å²) in [6.07, 6.45) is 0.911. The zero-order valence-electron chi connectivity index (χ0n) is 28.4. The van der Waals surface area contributed by atoms with Crippen molar-refractivity contribution in [1.29, 1.82) is 0 Å². The predicted octanol–water partition coefficient (Wildman–Crippen LogP) is 1.26. The first-order chi connectivity index (χ1) is 25.0. The summed E-state index contributed by atoms with van der Waals surface area (Å²) in [7, 11) is 0. The van der Waals surface area contributed by atoms with E-state index in [9.17, 15) is 33.9 Å². The maximum Gasteiger partial charge on any atom is 0.326 e. The van der Waals surface area contributed by atoms with Gasteiger partial charge in [-0.15, -0.1) is 16.4 Å². The number of fused-ring (bicyclic) bond motifs is 2. The fourth-order valence-corrected chi connectivity index (χ4v) is 7.45. The van der Waals surface area contributed by atoms with Gasteiger partial charge in [-0.05, 0) is 84.7 Å². The number of amides is 5. The lowest BCUT2D eigenvalue weighted by Gasteiger charge is -2.29. The SMILES string of the molecule is Cc1nnnn1-c1ccc(CC(=O)N[C@H]2CCCCNC(=O)CC[C@@H](C(=O)O)NC(=O)[C@@H]3C[C@@H](NC(=O)c4cc5ccccc5s4)CN3C2=O)cc1. The van der Waals surface area contributed by atoms with Crippen LogP contribution in [0.1, 0.15) is 59.6 Å². The number of rotatable bonds is 7. The van der Waals surface area contributed by atoms with Crippen molar-refractivity contribution in [3.8, 4) is 5.69 Å². The van der Waals surface area contributed by atoms with Crippen molar-refractivity contribution in [2.45, 2.75) is 76.0 Å². The molecule has 5 amide bonds. The average Bonchev–Trinajstić information content (AvgIpc) is 3.87. The Balaban J connectivity index is 1.21. The largest absolute Gasteiger partial charge is 0.480 e. The Morgan fingerprint density at radius 1 is 1.02 bits per heavy atom. The highest BCUT2D eigenvalue weighted by molar-refractivity contribution is 7.20. The van der Waals surface area contributed by atoms with Gasteiger partial charge in [-0.3, -0.25) is 24.0 Å². The van der Waals surface area contributed by atoms with Gasteiger partial charge in [-0.2, -0.15) is 4.68 Å². The molecule has 0 radical (unpaired) electrons. The summed E-state index contributed by atoms with van der Waals surface area (Å²) in [5.41, 5.74) is 1.40. The molecule has 2 fully saturated rings. The fraction of sp³-hybridized carbons (Fsp3) is 0.400. The maximum absolute atomic E-state index is 14.3. The molecule has 0 spiro atoms. The van der Waals surface area contributed by atoms with Gasteiger partial charge in [0.2, 0.25) is 23.6 Å². The van der Waals surface area contributed by atoms with E-state index in [1.54, 1.807) is 41.9 Å². The minimum Gasteiger partial charge on any atom is -0.480 e. The number of carbonyl (C=O) groups is 6. The Morgan fingerprint density at radius 3 is 2.54 bits per heavy atom. The Morgan fingerprint density at radius 2 is 1.81 bits per heavy atom. The molecular weight excluding hydrogens is 691 g/mol. The van der Waals surface area contributed by atoms with Crippen LogP contribution in [0.15, 0.2) is 54.6 Å². The van der Waals surface area contributed by atoms with Crippen LogP contribution in [0.2, 0.25) is 0 Å². The van der Waals surface area contributed by atoms with Gasteiger partial charge in [-0.1, -0.05) is 30.3 Å². The molecule has 17 heteroatoms. The molecule has 6 rings (SSSR count). The number of aliphatic carboxylic acids is 1. The molecule has 0 unspecified atom stereocenters. The molecular formula is C35H39N9O7S. The standard InChI is InChI=1S/C35H39N9O7S/c1-20-40-41-42-44(20)24-11-9-21(10-12-24)16-31(46)38-25-7-4-5-15-36-30(45)14-13-26(35(50)51)39-32(47)27-18-23(19-43(27)34(25)49)37-33(48)29-17-22-6-2-3-8-28(22)52-29/h2-3,6,8-12,17,23,25-27H,4-5,7,13-16,18-19H2,1H3,(H,36,45)(H,37,48)(H,38,46)(H,39,47)(H,50,51)/t23-,25+,26+,27+/m1/s1. The monoisotopic (exact) mass is 729 g/mol. The van der Waals surface area contributed by atoms with E-state index in [4.69, 9.17) is 0 Å². The number of carboxylic acids is 1. The molecule has 4 aromatic rings. The van der Waals surface area contributed by atoms with E-state index in [2.05, 4.69) is 36.8 Å². The lowest BCUT2D eigenvalue weighted by Crippen LogP contribution is -2.55. The maximum atomic E-state index is 14.3. The summed E-state index contributed by atoms with van der Waals surface area (Å²) in [6, 6.07) is 12.3. The van der Waals surface area contributed by atoms with E-state index in [0.717, 1.165) is 10.1 Å². The molecule has 5 N–H and O–H groups in total. The molecule has 0 bridgehead atoms. The van der Waals surface area contributed by atoms with Gasteiger partial charge in [0.05, 0.1) is 17.0 Å². The van der Waals surface area contributed by atoms with E-state index < -0.39 is 47.9 Å². The van der Waals surface area contributed by atoms with E-state index in [0.29, 0.717) is 41.3 Å². The molecule has 2 saturated heterocycles. The van der Waals surface area contributed by atoms with E-state index in [1.807, 2.05) is 24.3 Å². The molecule has 2 aliphatic rings. The summed E-state index contributed by atoms with van der Waals surface area (Å²) in [4.78, 5) is 81.1. The lowest BCUT2D eigenvalue weighted by molar-refractivity contribution is -0.145. The molecule has 2 aromatic carbocycles. The molecule has 2 aliphatic heterocycles. The number of thiophene rings is 1. The minimum absolute atomic E-state index is 0.0226. The topological polar surface area (TPSA) is 218 Å². The molecule has 0 aliphatic carbocycles.